The SMILES string of the molecule is CC(c1ccccc1Br)N1CCC(C2CCCN2)CC1. The number of rotatable bonds is 3. The van der Waals surface area contributed by atoms with Crippen molar-refractivity contribution < 1.29 is 0 Å². The summed E-state index contributed by atoms with van der Waals surface area (Å²) in [5.74, 6) is 0.903. The third-order valence-corrected chi connectivity index (χ3v) is 5.87. The van der Waals surface area contributed by atoms with Crippen molar-refractivity contribution in [3.63, 3.8) is 0 Å². The van der Waals surface area contributed by atoms with E-state index in [0.29, 0.717) is 6.04 Å². The van der Waals surface area contributed by atoms with Gasteiger partial charge in [-0.25, -0.2) is 0 Å². The van der Waals surface area contributed by atoms with Gasteiger partial charge in [0, 0.05) is 16.6 Å². The molecule has 110 valence electrons. The Morgan fingerprint density at radius 2 is 1.95 bits per heavy atom. The molecule has 1 N–H and O–H groups in total. The number of halogens is 1. The first kappa shape index (κ1) is 14.6. The van der Waals surface area contributed by atoms with E-state index in [1.807, 2.05) is 0 Å². The van der Waals surface area contributed by atoms with Crippen LogP contribution in [0.2, 0.25) is 0 Å². The number of nitrogens with zero attached hydrogens (tertiary/aromatic N) is 1. The lowest BCUT2D eigenvalue weighted by atomic mass is 9.87. The van der Waals surface area contributed by atoms with Crippen LogP contribution >= 0.6 is 15.9 Å². The van der Waals surface area contributed by atoms with E-state index in [9.17, 15) is 0 Å². The molecule has 0 bridgehead atoms. The molecule has 20 heavy (non-hydrogen) atoms. The fourth-order valence-corrected chi connectivity index (χ4v) is 4.45. The third kappa shape index (κ3) is 3.10. The molecular weight excluding hydrogens is 312 g/mol. The highest BCUT2D eigenvalue weighted by Gasteiger charge is 2.30. The number of hydrogen-bond donors (Lipinski definition) is 1. The van der Waals surface area contributed by atoms with Crippen LogP contribution in [-0.2, 0) is 0 Å². The van der Waals surface area contributed by atoms with Crippen LogP contribution in [0.3, 0.4) is 0 Å². The minimum atomic E-state index is 0.517. The van der Waals surface area contributed by atoms with Gasteiger partial charge in [-0.05, 0) is 69.8 Å². The topological polar surface area (TPSA) is 15.3 Å². The van der Waals surface area contributed by atoms with Crippen LogP contribution in [0.15, 0.2) is 28.7 Å². The van der Waals surface area contributed by atoms with Crippen molar-refractivity contribution in [3.8, 4) is 0 Å². The van der Waals surface area contributed by atoms with Crippen molar-refractivity contribution in [2.75, 3.05) is 19.6 Å². The Morgan fingerprint density at radius 1 is 1.20 bits per heavy atom. The van der Waals surface area contributed by atoms with Crippen molar-refractivity contribution >= 4 is 15.9 Å². The zero-order valence-corrected chi connectivity index (χ0v) is 13.9. The third-order valence-electron chi connectivity index (χ3n) is 5.14. The molecule has 2 unspecified atom stereocenters. The van der Waals surface area contributed by atoms with Crippen LogP contribution in [0, 0.1) is 5.92 Å². The first-order valence-corrected chi connectivity index (χ1v) is 8.77. The van der Waals surface area contributed by atoms with Crippen molar-refractivity contribution in [2.24, 2.45) is 5.92 Å². The van der Waals surface area contributed by atoms with Crippen LogP contribution in [0.25, 0.3) is 0 Å². The summed E-state index contributed by atoms with van der Waals surface area (Å²) in [5.41, 5.74) is 1.42. The zero-order valence-electron chi connectivity index (χ0n) is 12.3. The van der Waals surface area contributed by atoms with E-state index in [1.165, 1.54) is 55.4 Å². The zero-order chi connectivity index (χ0) is 13.9. The second-order valence-electron chi connectivity index (χ2n) is 6.27. The maximum Gasteiger partial charge on any atom is 0.0331 e. The van der Waals surface area contributed by atoms with E-state index in [2.05, 4.69) is 57.3 Å². The Morgan fingerprint density at radius 3 is 2.60 bits per heavy atom. The van der Waals surface area contributed by atoms with Gasteiger partial charge in [0.05, 0.1) is 0 Å². The highest BCUT2D eigenvalue weighted by atomic mass is 79.9. The van der Waals surface area contributed by atoms with E-state index in [0.717, 1.165) is 12.0 Å². The summed E-state index contributed by atoms with van der Waals surface area (Å²) in [7, 11) is 0. The first-order valence-electron chi connectivity index (χ1n) is 7.97. The molecule has 0 spiro atoms. The molecule has 1 aromatic rings. The van der Waals surface area contributed by atoms with Crippen LogP contribution in [-0.4, -0.2) is 30.6 Å². The largest absolute Gasteiger partial charge is 0.314 e. The van der Waals surface area contributed by atoms with Crippen LogP contribution in [0.5, 0.6) is 0 Å². The standard InChI is InChI=1S/C17H25BrN2/c1-13(15-5-2-3-6-16(15)18)20-11-8-14(9-12-20)17-7-4-10-19-17/h2-3,5-6,13-14,17,19H,4,7-12H2,1H3. The van der Waals surface area contributed by atoms with Gasteiger partial charge in [0.1, 0.15) is 0 Å². The lowest BCUT2D eigenvalue weighted by Gasteiger charge is -2.38. The molecule has 3 rings (SSSR count). The summed E-state index contributed by atoms with van der Waals surface area (Å²) in [6, 6.07) is 9.96. The van der Waals surface area contributed by atoms with Crippen LogP contribution in [0.4, 0.5) is 0 Å². The number of likely N-dealkylation sites (tertiary alicyclic amines) is 1. The Labute approximate surface area is 131 Å². The summed E-state index contributed by atoms with van der Waals surface area (Å²) in [6.45, 7) is 6.06. The van der Waals surface area contributed by atoms with Gasteiger partial charge >= 0.3 is 0 Å². The summed E-state index contributed by atoms with van der Waals surface area (Å²) in [4.78, 5) is 2.64. The van der Waals surface area contributed by atoms with Crippen LogP contribution in [0.1, 0.15) is 44.2 Å². The Bertz CT molecular complexity index is 434. The van der Waals surface area contributed by atoms with Gasteiger partial charge in [-0.2, -0.15) is 0 Å². The molecule has 0 saturated carbocycles. The maximum absolute atomic E-state index is 3.69. The monoisotopic (exact) mass is 336 g/mol. The normalized spacial score (nSPS) is 26.8. The second kappa shape index (κ2) is 6.59. The molecule has 2 aliphatic rings. The van der Waals surface area contributed by atoms with E-state index >= 15 is 0 Å². The summed E-state index contributed by atoms with van der Waals surface area (Å²) >= 11 is 3.69. The van der Waals surface area contributed by atoms with Gasteiger partial charge in [0.15, 0.2) is 0 Å². The Balaban J connectivity index is 1.59. The predicted molar refractivity (Wildman–Crippen MR) is 87.9 cm³/mol. The summed E-state index contributed by atoms with van der Waals surface area (Å²) in [6.07, 6.45) is 5.47. The van der Waals surface area contributed by atoms with E-state index in [-0.39, 0.29) is 0 Å². The van der Waals surface area contributed by atoms with Gasteiger partial charge in [-0.3, -0.25) is 4.90 Å². The molecule has 2 atom stereocenters. The number of hydrogen-bond acceptors (Lipinski definition) is 2. The van der Waals surface area contributed by atoms with Gasteiger partial charge in [-0.1, -0.05) is 34.1 Å². The highest BCUT2D eigenvalue weighted by Crippen LogP contribution is 2.32. The molecule has 0 aromatic heterocycles. The quantitative estimate of drug-likeness (QED) is 0.898. The summed E-state index contributed by atoms with van der Waals surface area (Å²) < 4.78 is 1.24. The minimum absolute atomic E-state index is 0.517. The molecule has 0 aliphatic carbocycles. The smallest absolute Gasteiger partial charge is 0.0331 e. The summed E-state index contributed by atoms with van der Waals surface area (Å²) in [5, 5.41) is 3.69. The van der Waals surface area contributed by atoms with Crippen LogP contribution < -0.4 is 5.32 Å². The molecule has 2 nitrogen and oxygen atoms in total. The number of nitrogens with one attached hydrogen (secondary N) is 1. The van der Waals surface area contributed by atoms with E-state index in [1.54, 1.807) is 0 Å². The van der Waals surface area contributed by atoms with Gasteiger partial charge < -0.3 is 5.32 Å². The van der Waals surface area contributed by atoms with Gasteiger partial charge in [0.2, 0.25) is 0 Å². The second-order valence-corrected chi connectivity index (χ2v) is 7.13. The highest BCUT2D eigenvalue weighted by molar-refractivity contribution is 9.10. The van der Waals surface area contributed by atoms with E-state index in [4.69, 9.17) is 0 Å². The average Bonchev–Trinajstić information content (AvgIpc) is 3.01. The number of benzene rings is 1. The lowest BCUT2D eigenvalue weighted by molar-refractivity contribution is 0.126. The molecule has 0 radical (unpaired) electrons. The molecule has 2 heterocycles. The van der Waals surface area contributed by atoms with Crippen molar-refractivity contribution in [1.29, 1.82) is 0 Å². The molecule has 2 aliphatic heterocycles. The molecule has 2 fully saturated rings. The molecule has 1 aromatic carbocycles. The Kier molecular flexibility index (Phi) is 4.79. The van der Waals surface area contributed by atoms with Crippen molar-refractivity contribution in [2.45, 2.75) is 44.7 Å². The Hall–Kier alpha value is -0.380. The average molecular weight is 337 g/mol. The van der Waals surface area contributed by atoms with Gasteiger partial charge in [0.25, 0.3) is 0 Å². The molecule has 0 amide bonds. The van der Waals surface area contributed by atoms with Crippen molar-refractivity contribution in [3.05, 3.63) is 34.3 Å². The molecule has 2 saturated heterocycles. The molecular formula is C17H25BrN2. The minimum Gasteiger partial charge on any atom is -0.314 e. The first-order chi connectivity index (χ1) is 9.75. The van der Waals surface area contributed by atoms with E-state index < -0.39 is 0 Å². The predicted octanol–water partition coefficient (Wildman–Crippen LogP) is 3.97. The van der Waals surface area contributed by atoms with Gasteiger partial charge in [-0.15, -0.1) is 0 Å². The molecule has 3 heteroatoms. The van der Waals surface area contributed by atoms with Crippen molar-refractivity contribution in [1.82, 2.24) is 10.2 Å². The lowest BCUT2D eigenvalue weighted by Crippen LogP contribution is -2.41. The maximum atomic E-state index is 3.69. The fraction of sp³-hybridized carbons (Fsp3) is 0.647. The fourth-order valence-electron chi connectivity index (χ4n) is 3.83. The number of piperidine rings is 1.